The first kappa shape index (κ1) is 8.62. The SMILES string of the molecule is CC1(C)[C@H](N)[C@H]1CCn1cnnn1. The van der Waals surface area contributed by atoms with Crippen molar-refractivity contribution < 1.29 is 0 Å². The normalized spacial score (nSPS) is 30.4. The summed E-state index contributed by atoms with van der Waals surface area (Å²) < 4.78 is 1.75. The maximum absolute atomic E-state index is 5.92. The third-order valence-electron chi connectivity index (χ3n) is 3.20. The van der Waals surface area contributed by atoms with Gasteiger partial charge in [0.15, 0.2) is 0 Å². The van der Waals surface area contributed by atoms with Gasteiger partial charge in [-0.15, -0.1) is 5.10 Å². The second-order valence-corrected chi connectivity index (χ2v) is 4.32. The summed E-state index contributed by atoms with van der Waals surface area (Å²) in [5.41, 5.74) is 6.24. The van der Waals surface area contributed by atoms with Crippen LogP contribution in [-0.4, -0.2) is 26.2 Å². The molecule has 1 aliphatic carbocycles. The summed E-state index contributed by atoms with van der Waals surface area (Å²) in [7, 11) is 0. The molecular weight excluding hydrogens is 166 g/mol. The van der Waals surface area contributed by atoms with Crippen LogP contribution in [0.2, 0.25) is 0 Å². The number of aromatic nitrogens is 4. The van der Waals surface area contributed by atoms with E-state index in [9.17, 15) is 0 Å². The lowest BCUT2D eigenvalue weighted by atomic mass is 10.1. The van der Waals surface area contributed by atoms with Gasteiger partial charge in [0.25, 0.3) is 0 Å². The lowest BCUT2D eigenvalue weighted by Gasteiger charge is -2.00. The van der Waals surface area contributed by atoms with Gasteiger partial charge in [0.05, 0.1) is 0 Å². The van der Waals surface area contributed by atoms with Gasteiger partial charge in [-0.1, -0.05) is 13.8 Å². The molecule has 2 rings (SSSR count). The van der Waals surface area contributed by atoms with Crippen molar-refractivity contribution in [2.45, 2.75) is 32.9 Å². The van der Waals surface area contributed by atoms with Crippen LogP contribution in [0.3, 0.4) is 0 Å². The van der Waals surface area contributed by atoms with Gasteiger partial charge in [-0.2, -0.15) is 0 Å². The number of nitrogens with two attached hydrogens (primary N) is 1. The van der Waals surface area contributed by atoms with Crippen molar-refractivity contribution in [3.63, 3.8) is 0 Å². The topological polar surface area (TPSA) is 69.6 Å². The molecule has 0 saturated heterocycles. The fourth-order valence-corrected chi connectivity index (χ4v) is 1.89. The highest BCUT2D eigenvalue weighted by Gasteiger charge is 2.54. The third-order valence-corrected chi connectivity index (χ3v) is 3.20. The Hall–Kier alpha value is -0.970. The van der Waals surface area contributed by atoms with Crippen molar-refractivity contribution in [2.75, 3.05) is 0 Å². The third kappa shape index (κ3) is 1.44. The highest BCUT2D eigenvalue weighted by Crippen LogP contribution is 2.52. The van der Waals surface area contributed by atoms with Crippen molar-refractivity contribution in [3.8, 4) is 0 Å². The van der Waals surface area contributed by atoms with Gasteiger partial charge in [-0.25, -0.2) is 4.68 Å². The number of nitrogens with zero attached hydrogens (tertiary/aromatic N) is 4. The minimum Gasteiger partial charge on any atom is -0.327 e. The quantitative estimate of drug-likeness (QED) is 0.715. The summed E-state index contributed by atoms with van der Waals surface area (Å²) in [6, 6.07) is 0.351. The number of tetrazole rings is 1. The second kappa shape index (κ2) is 2.77. The predicted octanol–water partition coefficient (Wildman–Crippen LogP) is 0.0465. The van der Waals surface area contributed by atoms with Gasteiger partial charge >= 0.3 is 0 Å². The smallest absolute Gasteiger partial charge is 0.138 e. The molecule has 1 fully saturated rings. The van der Waals surface area contributed by atoms with E-state index < -0.39 is 0 Å². The van der Waals surface area contributed by atoms with Crippen molar-refractivity contribution in [1.82, 2.24) is 20.2 Å². The Morgan fingerprint density at radius 2 is 2.23 bits per heavy atom. The lowest BCUT2D eigenvalue weighted by molar-refractivity contribution is 0.470. The van der Waals surface area contributed by atoms with Gasteiger partial charge in [-0.05, 0) is 28.2 Å². The predicted molar refractivity (Wildman–Crippen MR) is 47.7 cm³/mol. The second-order valence-electron chi connectivity index (χ2n) is 4.32. The van der Waals surface area contributed by atoms with Gasteiger partial charge < -0.3 is 5.73 Å². The number of rotatable bonds is 3. The molecule has 1 saturated carbocycles. The molecule has 1 heterocycles. The summed E-state index contributed by atoms with van der Waals surface area (Å²) in [6.45, 7) is 5.29. The van der Waals surface area contributed by atoms with E-state index in [2.05, 4.69) is 29.4 Å². The number of hydrogen-bond donors (Lipinski definition) is 1. The van der Waals surface area contributed by atoms with E-state index in [1.807, 2.05) is 0 Å². The minimum absolute atomic E-state index is 0.314. The molecule has 0 spiro atoms. The molecule has 2 atom stereocenters. The van der Waals surface area contributed by atoms with Gasteiger partial charge in [0.1, 0.15) is 6.33 Å². The highest BCUT2D eigenvalue weighted by molar-refractivity contribution is 5.08. The van der Waals surface area contributed by atoms with Crippen molar-refractivity contribution in [3.05, 3.63) is 6.33 Å². The summed E-state index contributed by atoms with van der Waals surface area (Å²) in [6.07, 6.45) is 2.71. The van der Waals surface area contributed by atoms with E-state index >= 15 is 0 Å². The Morgan fingerprint density at radius 1 is 1.54 bits per heavy atom. The maximum atomic E-state index is 5.92. The molecule has 5 heteroatoms. The van der Waals surface area contributed by atoms with Crippen LogP contribution in [0.1, 0.15) is 20.3 Å². The Kier molecular flexibility index (Phi) is 1.83. The summed E-state index contributed by atoms with van der Waals surface area (Å²) in [5.74, 6) is 0.622. The average Bonchev–Trinajstić information content (AvgIpc) is 2.57. The monoisotopic (exact) mass is 181 g/mol. The molecule has 5 nitrogen and oxygen atoms in total. The van der Waals surface area contributed by atoms with E-state index in [-0.39, 0.29) is 0 Å². The molecule has 1 aliphatic rings. The van der Waals surface area contributed by atoms with Crippen LogP contribution in [0.5, 0.6) is 0 Å². The largest absolute Gasteiger partial charge is 0.327 e. The molecule has 0 radical (unpaired) electrons. The highest BCUT2D eigenvalue weighted by atomic mass is 15.5. The number of hydrogen-bond acceptors (Lipinski definition) is 4. The molecular formula is C8H15N5. The van der Waals surface area contributed by atoms with Crippen LogP contribution < -0.4 is 5.73 Å². The fourth-order valence-electron chi connectivity index (χ4n) is 1.89. The summed E-state index contributed by atoms with van der Waals surface area (Å²) in [5, 5.41) is 11.0. The molecule has 0 aromatic carbocycles. The fraction of sp³-hybridized carbons (Fsp3) is 0.875. The zero-order chi connectivity index (χ0) is 9.47. The van der Waals surface area contributed by atoms with Gasteiger partial charge in [-0.3, -0.25) is 0 Å². The first-order chi connectivity index (χ1) is 6.12. The first-order valence-electron chi connectivity index (χ1n) is 4.58. The molecule has 0 aliphatic heterocycles. The molecule has 13 heavy (non-hydrogen) atoms. The standard InChI is InChI=1S/C8H15N5/c1-8(2)6(7(8)9)3-4-13-5-10-11-12-13/h5-7H,3-4,9H2,1-2H3/t6-,7-/m1/s1. The molecule has 2 N–H and O–H groups in total. The van der Waals surface area contributed by atoms with Gasteiger partial charge in [0, 0.05) is 12.6 Å². The van der Waals surface area contributed by atoms with E-state index in [0.29, 0.717) is 17.4 Å². The minimum atomic E-state index is 0.314. The van der Waals surface area contributed by atoms with Crippen molar-refractivity contribution >= 4 is 0 Å². The Labute approximate surface area is 77.3 Å². The van der Waals surface area contributed by atoms with Crippen molar-refractivity contribution in [1.29, 1.82) is 0 Å². The Bertz CT molecular complexity index is 279. The Morgan fingerprint density at radius 3 is 2.69 bits per heavy atom. The molecule has 72 valence electrons. The van der Waals surface area contributed by atoms with Crippen LogP contribution in [0.4, 0.5) is 0 Å². The first-order valence-corrected chi connectivity index (χ1v) is 4.58. The van der Waals surface area contributed by atoms with Crippen LogP contribution in [0, 0.1) is 11.3 Å². The lowest BCUT2D eigenvalue weighted by Crippen LogP contribution is -2.07. The Balaban J connectivity index is 1.83. The van der Waals surface area contributed by atoms with Crippen LogP contribution in [-0.2, 0) is 6.54 Å². The average molecular weight is 181 g/mol. The van der Waals surface area contributed by atoms with Crippen LogP contribution >= 0.6 is 0 Å². The summed E-state index contributed by atoms with van der Waals surface area (Å²) >= 11 is 0. The van der Waals surface area contributed by atoms with E-state index in [0.717, 1.165) is 13.0 Å². The van der Waals surface area contributed by atoms with Crippen LogP contribution in [0.15, 0.2) is 6.33 Å². The van der Waals surface area contributed by atoms with Crippen molar-refractivity contribution in [2.24, 2.45) is 17.1 Å². The van der Waals surface area contributed by atoms with Crippen LogP contribution in [0.25, 0.3) is 0 Å². The van der Waals surface area contributed by atoms with E-state index in [1.54, 1.807) is 11.0 Å². The molecule has 1 aromatic rings. The number of aryl methyl sites for hydroxylation is 1. The molecule has 0 amide bonds. The van der Waals surface area contributed by atoms with E-state index in [4.69, 9.17) is 5.73 Å². The van der Waals surface area contributed by atoms with Gasteiger partial charge in [0.2, 0.25) is 0 Å². The van der Waals surface area contributed by atoms with E-state index in [1.165, 1.54) is 0 Å². The zero-order valence-electron chi connectivity index (χ0n) is 8.01. The molecule has 0 unspecified atom stereocenters. The summed E-state index contributed by atoms with van der Waals surface area (Å²) in [4.78, 5) is 0. The zero-order valence-corrected chi connectivity index (χ0v) is 8.01. The molecule has 1 aromatic heterocycles. The molecule has 0 bridgehead atoms. The maximum Gasteiger partial charge on any atom is 0.138 e.